The number of fused-ring (bicyclic) bond motifs is 1. The first kappa shape index (κ1) is 23.2. The maximum atomic E-state index is 13.4. The van der Waals surface area contributed by atoms with Gasteiger partial charge in [-0.2, -0.15) is 0 Å². The standard InChI is InChI=1S/C28H33NO4/c1-5-20-26(30)24-16-19(28(31)32-15-14-29(6-2)7-3)12-13-25(24)33-27(20)23-17-22(23)21-11-9-8-10-18(21)4/h8-13,16,22-23H,5-7,14-15,17H2,1-4H3. The van der Waals surface area contributed by atoms with E-state index in [4.69, 9.17) is 9.15 Å². The summed E-state index contributed by atoms with van der Waals surface area (Å²) in [5.74, 6) is 1.00. The van der Waals surface area contributed by atoms with E-state index in [1.54, 1.807) is 18.2 Å². The van der Waals surface area contributed by atoms with Gasteiger partial charge in [0.25, 0.3) is 0 Å². The number of hydrogen-bond donors (Lipinski definition) is 0. The highest BCUT2D eigenvalue weighted by Gasteiger charge is 2.43. The Bertz CT molecular complexity index is 1210. The van der Waals surface area contributed by atoms with Gasteiger partial charge >= 0.3 is 5.97 Å². The molecule has 5 nitrogen and oxygen atoms in total. The van der Waals surface area contributed by atoms with Gasteiger partial charge in [-0.05, 0) is 68.1 Å². The monoisotopic (exact) mass is 447 g/mol. The molecule has 0 radical (unpaired) electrons. The molecule has 0 spiro atoms. The molecule has 1 heterocycles. The quantitative estimate of drug-likeness (QED) is 0.409. The van der Waals surface area contributed by atoms with E-state index in [2.05, 4.69) is 49.9 Å². The van der Waals surface area contributed by atoms with Crippen molar-refractivity contribution >= 4 is 16.9 Å². The number of aryl methyl sites for hydroxylation is 1. The second-order valence-corrected chi connectivity index (χ2v) is 8.81. The summed E-state index contributed by atoms with van der Waals surface area (Å²) < 4.78 is 11.7. The third-order valence-electron chi connectivity index (χ3n) is 6.86. The lowest BCUT2D eigenvalue weighted by molar-refractivity contribution is 0.0466. The largest absolute Gasteiger partial charge is 0.461 e. The molecule has 33 heavy (non-hydrogen) atoms. The van der Waals surface area contributed by atoms with Crippen LogP contribution in [0.15, 0.2) is 51.7 Å². The Kier molecular flexibility index (Phi) is 6.99. The van der Waals surface area contributed by atoms with E-state index in [-0.39, 0.29) is 11.3 Å². The van der Waals surface area contributed by atoms with Crippen molar-refractivity contribution in [1.29, 1.82) is 0 Å². The summed E-state index contributed by atoms with van der Waals surface area (Å²) in [5.41, 5.74) is 4.19. The summed E-state index contributed by atoms with van der Waals surface area (Å²) in [6, 6.07) is 13.5. The fourth-order valence-corrected chi connectivity index (χ4v) is 4.73. The second kappa shape index (κ2) is 9.92. The van der Waals surface area contributed by atoms with Crippen molar-refractivity contribution in [1.82, 2.24) is 4.90 Å². The Morgan fingerprint density at radius 3 is 2.55 bits per heavy atom. The lowest BCUT2D eigenvalue weighted by Gasteiger charge is -2.17. The molecule has 2 atom stereocenters. The summed E-state index contributed by atoms with van der Waals surface area (Å²) in [5, 5.41) is 0.446. The molecule has 3 aromatic rings. The molecule has 1 aliphatic carbocycles. The number of esters is 1. The van der Waals surface area contributed by atoms with Crippen molar-refractivity contribution in [3.05, 3.63) is 80.7 Å². The third-order valence-corrected chi connectivity index (χ3v) is 6.86. The van der Waals surface area contributed by atoms with Crippen LogP contribution in [0.1, 0.15) is 71.8 Å². The molecule has 5 heteroatoms. The molecule has 2 aromatic carbocycles. The summed E-state index contributed by atoms with van der Waals surface area (Å²) in [6.07, 6.45) is 1.59. The van der Waals surface area contributed by atoms with Gasteiger partial charge in [-0.3, -0.25) is 4.79 Å². The summed E-state index contributed by atoms with van der Waals surface area (Å²) in [4.78, 5) is 28.1. The number of benzene rings is 2. The first-order valence-electron chi connectivity index (χ1n) is 12.0. The number of carbonyl (C=O) groups excluding carboxylic acids is 1. The smallest absolute Gasteiger partial charge is 0.338 e. The van der Waals surface area contributed by atoms with Crippen LogP contribution in [-0.4, -0.2) is 37.1 Å². The fraction of sp³-hybridized carbons (Fsp3) is 0.429. The lowest BCUT2D eigenvalue weighted by atomic mass is 9.99. The van der Waals surface area contributed by atoms with Crippen LogP contribution >= 0.6 is 0 Å². The van der Waals surface area contributed by atoms with E-state index in [9.17, 15) is 9.59 Å². The molecule has 0 bridgehead atoms. The van der Waals surface area contributed by atoms with E-state index in [1.165, 1.54) is 11.1 Å². The number of likely N-dealkylation sites (N-methyl/N-ethyl adjacent to an activating group) is 1. The van der Waals surface area contributed by atoms with Gasteiger partial charge < -0.3 is 14.1 Å². The molecule has 0 N–H and O–H groups in total. The van der Waals surface area contributed by atoms with Crippen molar-refractivity contribution in [3.8, 4) is 0 Å². The van der Waals surface area contributed by atoms with Crippen molar-refractivity contribution in [2.75, 3.05) is 26.2 Å². The minimum atomic E-state index is -0.410. The summed E-state index contributed by atoms with van der Waals surface area (Å²) >= 11 is 0. The molecule has 4 rings (SSSR count). The fourth-order valence-electron chi connectivity index (χ4n) is 4.73. The zero-order valence-electron chi connectivity index (χ0n) is 20.0. The minimum absolute atomic E-state index is 0.0398. The number of nitrogens with zero attached hydrogens (tertiary/aromatic N) is 1. The van der Waals surface area contributed by atoms with Crippen molar-refractivity contribution in [3.63, 3.8) is 0 Å². The van der Waals surface area contributed by atoms with Gasteiger partial charge in [-0.15, -0.1) is 0 Å². The van der Waals surface area contributed by atoms with E-state index in [1.807, 2.05) is 6.92 Å². The van der Waals surface area contributed by atoms with Crippen LogP contribution in [0.3, 0.4) is 0 Å². The Balaban J connectivity index is 1.58. The minimum Gasteiger partial charge on any atom is -0.461 e. The highest BCUT2D eigenvalue weighted by atomic mass is 16.5. The Labute approximate surface area is 195 Å². The highest BCUT2D eigenvalue weighted by molar-refractivity contribution is 5.94. The van der Waals surface area contributed by atoms with Crippen LogP contribution in [0, 0.1) is 6.92 Å². The molecular formula is C28H33NO4. The predicted octanol–water partition coefficient (Wildman–Crippen LogP) is 5.43. The molecular weight excluding hydrogens is 414 g/mol. The predicted molar refractivity (Wildman–Crippen MR) is 131 cm³/mol. The first-order chi connectivity index (χ1) is 16.0. The molecule has 174 valence electrons. The molecule has 0 aliphatic heterocycles. The number of hydrogen-bond acceptors (Lipinski definition) is 5. The van der Waals surface area contributed by atoms with Gasteiger partial charge in [-0.25, -0.2) is 4.79 Å². The number of ether oxygens (including phenoxy) is 1. The van der Waals surface area contributed by atoms with Gasteiger partial charge in [0.05, 0.1) is 10.9 Å². The maximum Gasteiger partial charge on any atom is 0.338 e. The maximum absolute atomic E-state index is 13.4. The number of rotatable bonds is 9. The van der Waals surface area contributed by atoms with E-state index >= 15 is 0 Å². The van der Waals surface area contributed by atoms with Gasteiger partial charge in [0.1, 0.15) is 18.0 Å². The highest BCUT2D eigenvalue weighted by Crippen LogP contribution is 2.56. The van der Waals surface area contributed by atoms with Gasteiger partial charge in [0.2, 0.25) is 0 Å². The van der Waals surface area contributed by atoms with E-state index in [0.717, 1.165) is 30.8 Å². The molecule has 0 saturated heterocycles. The third kappa shape index (κ3) is 4.74. The van der Waals surface area contributed by atoms with Crippen LogP contribution in [-0.2, 0) is 11.2 Å². The lowest BCUT2D eigenvalue weighted by Crippen LogP contribution is -2.27. The SMILES string of the molecule is CCc1c(C2CC2c2ccccc2C)oc2ccc(C(=O)OCCN(CC)CC)cc2c1=O. The van der Waals surface area contributed by atoms with Gasteiger partial charge in [-0.1, -0.05) is 45.0 Å². The van der Waals surface area contributed by atoms with Crippen LogP contribution in [0.4, 0.5) is 0 Å². The van der Waals surface area contributed by atoms with E-state index in [0.29, 0.717) is 42.0 Å². The molecule has 2 unspecified atom stereocenters. The van der Waals surface area contributed by atoms with Gasteiger partial charge in [0, 0.05) is 18.0 Å². The number of carbonyl (C=O) groups is 1. The zero-order chi connectivity index (χ0) is 23.5. The summed E-state index contributed by atoms with van der Waals surface area (Å²) in [6.45, 7) is 11.1. The molecule has 1 aliphatic rings. The molecule has 1 fully saturated rings. The Morgan fingerprint density at radius 1 is 1.09 bits per heavy atom. The van der Waals surface area contributed by atoms with Crippen LogP contribution in [0.5, 0.6) is 0 Å². The second-order valence-electron chi connectivity index (χ2n) is 8.81. The van der Waals surface area contributed by atoms with Crippen LogP contribution in [0.25, 0.3) is 11.0 Å². The van der Waals surface area contributed by atoms with Crippen molar-refractivity contribution < 1.29 is 13.9 Å². The average molecular weight is 448 g/mol. The topological polar surface area (TPSA) is 59.8 Å². The van der Waals surface area contributed by atoms with Gasteiger partial charge in [0.15, 0.2) is 5.43 Å². The Morgan fingerprint density at radius 2 is 1.85 bits per heavy atom. The Hall–Kier alpha value is -2.92. The zero-order valence-corrected chi connectivity index (χ0v) is 20.0. The normalized spacial score (nSPS) is 17.5. The van der Waals surface area contributed by atoms with Crippen molar-refractivity contribution in [2.24, 2.45) is 0 Å². The first-order valence-corrected chi connectivity index (χ1v) is 12.0. The van der Waals surface area contributed by atoms with Crippen LogP contribution in [0.2, 0.25) is 0 Å². The molecule has 0 amide bonds. The molecule has 1 aromatic heterocycles. The van der Waals surface area contributed by atoms with E-state index < -0.39 is 5.97 Å². The molecule has 1 saturated carbocycles. The average Bonchev–Trinajstić information content (AvgIpc) is 3.62. The van der Waals surface area contributed by atoms with Crippen LogP contribution < -0.4 is 5.43 Å². The summed E-state index contributed by atoms with van der Waals surface area (Å²) in [7, 11) is 0. The van der Waals surface area contributed by atoms with Crippen molar-refractivity contribution in [2.45, 2.75) is 52.4 Å².